The smallest absolute Gasteiger partial charge is 0.121 e. The van der Waals surface area contributed by atoms with E-state index in [0.29, 0.717) is 6.42 Å². The summed E-state index contributed by atoms with van der Waals surface area (Å²) in [6, 6.07) is 10.2. The highest BCUT2D eigenvalue weighted by molar-refractivity contribution is 5.50. The Morgan fingerprint density at radius 3 is 2.40 bits per heavy atom. The second kappa shape index (κ2) is 9.41. The number of benzene rings is 1. The number of hydrogen-bond donors (Lipinski definition) is 1. The minimum Gasteiger partial charge on any atom is -0.327 e. The summed E-state index contributed by atoms with van der Waals surface area (Å²) in [4.78, 5) is 10.1. The minimum absolute atomic E-state index is 0.0118. The summed E-state index contributed by atoms with van der Waals surface area (Å²) >= 11 is 0. The second-order valence-corrected chi connectivity index (χ2v) is 3.19. The highest BCUT2D eigenvalue weighted by Gasteiger charge is 2.01. The summed E-state index contributed by atoms with van der Waals surface area (Å²) in [6.45, 7) is 4.00. The van der Waals surface area contributed by atoms with E-state index >= 15 is 0 Å². The Kier molecular flexibility index (Phi) is 8.69. The SMILES string of the molecule is CC.NC(CC=O)CCc1ccccc1. The van der Waals surface area contributed by atoms with E-state index in [1.807, 2.05) is 32.0 Å². The molecule has 0 aliphatic heterocycles. The average Bonchev–Trinajstić information content (AvgIpc) is 2.31. The first-order valence-electron chi connectivity index (χ1n) is 5.56. The van der Waals surface area contributed by atoms with Crippen LogP contribution in [-0.4, -0.2) is 12.3 Å². The van der Waals surface area contributed by atoms with Gasteiger partial charge in [-0.3, -0.25) is 0 Å². The monoisotopic (exact) mass is 207 g/mol. The molecule has 1 rings (SSSR count). The van der Waals surface area contributed by atoms with E-state index in [-0.39, 0.29) is 6.04 Å². The van der Waals surface area contributed by atoms with Gasteiger partial charge in [0, 0.05) is 12.5 Å². The Morgan fingerprint density at radius 2 is 1.87 bits per heavy atom. The lowest BCUT2D eigenvalue weighted by atomic mass is 10.0. The summed E-state index contributed by atoms with van der Waals surface area (Å²) in [5.74, 6) is 0. The van der Waals surface area contributed by atoms with Crippen molar-refractivity contribution < 1.29 is 4.79 Å². The third kappa shape index (κ3) is 6.86. The number of nitrogens with two attached hydrogens (primary N) is 1. The van der Waals surface area contributed by atoms with Gasteiger partial charge in [-0.25, -0.2) is 0 Å². The van der Waals surface area contributed by atoms with Crippen molar-refractivity contribution in [2.75, 3.05) is 0 Å². The zero-order valence-corrected chi connectivity index (χ0v) is 9.65. The maximum atomic E-state index is 10.1. The summed E-state index contributed by atoms with van der Waals surface area (Å²) in [5.41, 5.74) is 6.98. The van der Waals surface area contributed by atoms with Crippen LogP contribution in [-0.2, 0) is 11.2 Å². The van der Waals surface area contributed by atoms with Gasteiger partial charge in [-0.15, -0.1) is 0 Å². The van der Waals surface area contributed by atoms with Crippen molar-refractivity contribution in [2.45, 2.75) is 39.2 Å². The fraction of sp³-hybridized carbons (Fsp3) is 0.462. The number of aryl methyl sites for hydroxylation is 1. The zero-order chi connectivity index (χ0) is 11.5. The van der Waals surface area contributed by atoms with Crippen molar-refractivity contribution in [1.29, 1.82) is 0 Å². The largest absolute Gasteiger partial charge is 0.327 e. The molecular formula is C13H21NO. The van der Waals surface area contributed by atoms with Crippen molar-refractivity contribution in [3.63, 3.8) is 0 Å². The second-order valence-electron chi connectivity index (χ2n) is 3.19. The Hall–Kier alpha value is -1.15. The van der Waals surface area contributed by atoms with Crippen LogP contribution in [0, 0.1) is 0 Å². The Morgan fingerprint density at radius 1 is 1.27 bits per heavy atom. The van der Waals surface area contributed by atoms with E-state index < -0.39 is 0 Å². The van der Waals surface area contributed by atoms with Crippen LogP contribution in [0.3, 0.4) is 0 Å². The third-order valence-corrected chi connectivity index (χ3v) is 2.05. The molecule has 0 bridgehead atoms. The van der Waals surface area contributed by atoms with Gasteiger partial charge < -0.3 is 10.5 Å². The molecule has 0 amide bonds. The van der Waals surface area contributed by atoms with Gasteiger partial charge in [0.15, 0.2) is 0 Å². The van der Waals surface area contributed by atoms with Crippen LogP contribution in [0.5, 0.6) is 0 Å². The Labute approximate surface area is 92.5 Å². The lowest BCUT2D eigenvalue weighted by molar-refractivity contribution is -0.108. The molecular weight excluding hydrogens is 186 g/mol. The van der Waals surface area contributed by atoms with Gasteiger partial charge >= 0.3 is 0 Å². The molecule has 0 aliphatic carbocycles. The quantitative estimate of drug-likeness (QED) is 0.754. The highest BCUT2D eigenvalue weighted by Crippen LogP contribution is 2.04. The number of aldehydes is 1. The first-order valence-corrected chi connectivity index (χ1v) is 5.56. The summed E-state index contributed by atoms with van der Waals surface area (Å²) in [5, 5.41) is 0. The lowest BCUT2D eigenvalue weighted by Crippen LogP contribution is -2.20. The molecule has 2 nitrogen and oxygen atoms in total. The molecule has 1 unspecified atom stereocenters. The van der Waals surface area contributed by atoms with Crippen LogP contribution in [0.1, 0.15) is 32.3 Å². The fourth-order valence-corrected chi connectivity index (χ4v) is 1.24. The van der Waals surface area contributed by atoms with Gasteiger partial charge in [-0.05, 0) is 18.4 Å². The van der Waals surface area contributed by atoms with E-state index in [1.165, 1.54) is 5.56 Å². The molecule has 0 heterocycles. The summed E-state index contributed by atoms with van der Waals surface area (Å²) in [6.07, 6.45) is 3.18. The number of carbonyl (C=O) groups is 1. The molecule has 1 atom stereocenters. The lowest BCUT2D eigenvalue weighted by Gasteiger charge is -2.06. The molecule has 84 valence electrons. The van der Waals surface area contributed by atoms with Crippen LogP contribution < -0.4 is 5.73 Å². The standard InChI is InChI=1S/C11H15NO.C2H6/c12-11(8-9-13)7-6-10-4-2-1-3-5-10;1-2/h1-5,9,11H,6-8,12H2;1-2H3. The van der Waals surface area contributed by atoms with Crippen molar-refractivity contribution in [1.82, 2.24) is 0 Å². The van der Waals surface area contributed by atoms with Gasteiger partial charge in [0.25, 0.3) is 0 Å². The van der Waals surface area contributed by atoms with Gasteiger partial charge in [-0.1, -0.05) is 44.2 Å². The van der Waals surface area contributed by atoms with Gasteiger partial charge in [0.05, 0.1) is 0 Å². The molecule has 2 N–H and O–H groups in total. The molecule has 0 aromatic heterocycles. The molecule has 2 heteroatoms. The van der Waals surface area contributed by atoms with Gasteiger partial charge in [0.1, 0.15) is 6.29 Å². The first-order chi connectivity index (χ1) is 7.33. The molecule has 1 aromatic rings. The van der Waals surface area contributed by atoms with E-state index in [2.05, 4.69) is 12.1 Å². The van der Waals surface area contributed by atoms with Crippen LogP contribution in [0.4, 0.5) is 0 Å². The number of hydrogen-bond acceptors (Lipinski definition) is 2. The number of rotatable bonds is 5. The first kappa shape index (κ1) is 13.8. The predicted octanol–water partition coefficient (Wildman–Crippen LogP) is 2.56. The summed E-state index contributed by atoms with van der Waals surface area (Å²) in [7, 11) is 0. The normalized spacial score (nSPS) is 11.1. The number of carbonyl (C=O) groups excluding carboxylic acids is 1. The third-order valence-electron chi connectivity index (χ3n) is 2.05. The molecule has 0 radical (unpaired) electrons. The molecule has 0 aliphatic rings. The van der Waals surface area contributed by atoms with Gasteiger partial charge in [-0.2, -0.15) is 0 Å². The Bertz CT molecular complexity index is 246. The van der Waals surface area contributed by atoms with E-state index in [1.54, 1.807) is 0 Å². The maximum Gasteiger partial charge on any atom is 0.121 e. The predicted molar refractivity (Wildman–Crippen MR) is 64.8 cm³/mol. The maximum absolute atomic E-state index is 10.1. The van der Waals surface area contributed by atoms with Crippen molar-refractivity contribution in [3.8, 4) is 0 Å². The molecule has 0 saturated heterocycles. The average molecular weight is 207 g/mol. The molecule has 0 spiro atoms. The zero-order valence-electron chi connectivity index (χ0n) is 9.65. The molecule has 0 fully saturated rings. The van der Waals surface area contributed by atoms with Gasteiger partial charge in [0.2, 0.25) is 0 Å². The van der Waals surface area contributed by atoms with E-state index in [9.17, 15) is 4.79 Å². The topological polar surface area (TPSA) is 43.1 Å². The van der Waals surface area contributed by atoms with Crippen molar-refractivity contribution in [2.24, 2.45) is 5.73 Å². The van der Waals surface area contributed by atoms with Crippen LogP contribution in [0.15, 0.2) is 30.3 Å². The van der Waals surface area contributed by atoms with Crippen LogP contribution in [0.25, 0.3) is 0 Å². The van der Waals surface area contributed by atoms with E-state index in [0.717, 1.165) is 19.1 Å². The van der Waals surface area contributed by atoms with Crippen molar-refractivity contribution >= 4 is 6.29 Å². The highest BCUT2D eigenvalue weighted by atomic mass is 16.1. The Balaban J connectivity index is 0.000000921. The summed E-state index contributed by atoms with van der Waals surface area (Å²) < 4.78 is 0. The van der Waals surface area contributed by atoms with Crippen LogP contribution >= 0.6 is 0 Å². The fourth-order valence-electron chi connectivity index (χ4n) is 1.24. The van der Waals surface area contributed by atoms with Crippen LogP contribution in [0.2, 0.25) is 0 Å². The van der Waals surface area contributed by atoms with E-state index in [4.69, 9.17) is 5.73 Å². The molecule has 0 saturated carbocycles. The molecule has 1 aromatic carbocycles. The minimum atomic E-state index is 0.0118. The molecule has 15 heavy (non-hydrogen) atoms. The van der Waals surface area contributed by atoms with Crippen molar-refractivity contribution in [3.05, 3.63) is 35.9 Å².